The van der Waals surface area contributed by atoms with Gasteiger partial charge in [-0.15, -0.1) is 12.4 Å². The van der Waals surface area contributed by atoms with E-state index in [1.54, 1.807) is 7.11 Å². The summed E-state index contributed by atoms with van der Waals surface area (Å²) in [7, 11) is 1.68. The van der Waals surface area contributed by atoms with Gasteiger partial charge in [0.1, 0.15) is 5.75 Å². The molecule has 0 spiro atoms. The predicted octanol–water partition coefficient (Wildman–Crippen LogP) is 4.20. The van der Waals surface area contributed by atoms with Crippen LogP contribution in [0.1, 0.15) is 37.8 Å². The lowest BCUT2D eigenvalue weighted by molar-refractivity contribution is -0.134. The van der Waals surface area contributed by atoms with Gasteiger partial charge in [-0.3, -0.25) is 4.79 Å². The van der Waals surface area contributed by atoms with E-state index in [1.807, 2.05) is 48.2 Å². The summed E-state index contributed by atoms with van der Waals surface area (Å²) >= 11 is 0. The number of hydrogen-bond donors (Lipinski definition) is 1. The largest absolute Gasteiger partial charge is 0.496 e. The molecule has 0 saturated carbocycles. The first kappa shape index (κ1) is 23.0. The van der Waals surface area contributed by atoms with E-state index in [4.69, 9.17) is 10.5 Å². The number of benzene rings is 2. The molecule has 0 saturated heterocycles. The molecule has 0 aromatic heterocycles. The Balaban J connectivity index is 0.00000364. The second-order valence-corrected chi connectivity index (χ2v) is 6.89. The lowest BCUT2D eigenvalue weighted by atomic mass is 10.0. The molecule has 0 bridgehead atoms. The average Bonchev–Trinajstić information content (AvgIpc) is 2.65. The van der Waals surface area contributed by atoms with Crippen LogP contribution in [-0.2, 0) is 17.8 Å². The van der Waals surface area contributed by atoms with Crippen LogP contribution in [0.5, 0.6) is 5.75 Å². The van der Waals surface area contributed by atoms with E-state index in [-0.39, 0.29) is 30.4 Å². The molecule has 5 heteroatoms. The standard InChI is InChI=1S/C22H30N2O2.ClH/c1-17(23)13-14-22(25)24(16-19-9-5-4-6-10-19)18(2)15-20-11-7-8-12-21(20)26-3;/h4-12,17-18H,13-16,23H2,1-3H3;1H. The molecule has 0 fully saturated rings. The Morgan fingerprint density at radius 1 is 1.07 bits per heavy atom. The molecule has 148 valence electrons. The Labute approximate surface area is 169 Å². The van der Waals surface area contributed by atoms with Gasteiger partial charge in [-0.2, -0.15) is 0 Å². The minimum absolute atomic E-state index is 0. The van der Waals surface area contributed by atoms with Gasteiger partial charge in [-0.05, 0) is 43.9 Å². The van der Waals surface area contributed by atoms with Crippen LogP contribution in [0.25, 0.3) is 0 Å². The number of ether oxygens (including phenoxy) is 1. The second-order valence-electron chi connectivity index (χ2n) is 6.89. The van der Waals surface area contributed by atoms with Crippen LogP contribution >= 0.6 is 12.4 Å². The maximum atomic E-state index is 12.9. The van der Waals surface area contributed by atoms with Crippen molar-refractivity contribution in [2.24, 2.45) is 5.73 Å². The van der Waals surface area contributed by atoms with Crippen LogP contribution in [0.4, 0.5) is 0 Å². The molecular formula is C22H31ClN2O2. The van der Waals surface area contributed by atoms with Gasteiger partial charge < -0.3 is 15.4 Å². The third-order valence-electron chi connectivity index (χ3n) is 4.57. The van der Waals surface area contributed by atoms with Gasteiger partial charge in [0.2, 0.25) is 5.91 Å². The van der Waals surface area contributed by atoms with Crippen LogP contribution in [0.2, 0.25) is 0 Å². The number of nitrogens with zero attached hydrogens (tertiary/aromatic N) is 1. The van der Waals surface area contributed by atoms with Gasteiger partial charge in [-0.1, -0.05) is 48.5 Å². The Bertz CT molecular complexity index is 692. The van der Waals surface area contributed by atoms with Crippen LogP contribution in [0.15, 0.2) is 54.6 Å². The van der Waals surface area contributed by atoms with Crippen molar-refractivity contribution in [3.05, 3.63) is 65.7 Å². The fourth-order valence-corrected chi connectivity index (χ4v) is 3.06. The van der Waals surface area contributed by atoms with Gasteiger partial charge in [0.25, 0.3) is 0 Å². The Kier molecular flexibility index (Phi) is 9.90. The summed E-state index contributed by atoms with van der Waals surface area (Å²) in [6.07, 6.45) is 1.92. The molecule has 1 amide bonds. The van der Waals surface area contributed by atoms with Gasteiger partial charge >= 0.3 is 0 Å². The van der Waals surface area contributed by atoms with Crippen LogP contribution in [0.3, 0.4) is 0 Å². The Morgan fingerprint density at radius 2 is 1.70 bits per heavy atom. The summed E-state index contributed by atoms with van der Waals surface area (Å²) in [5.41, 5.74) is 8.09. The number of carbonyl (C=O) groups is 1. The van der Waals surface area contributed by atoms with Crippen molar-refractivity contribution in [1.29, 1.82) is 0 Å². The minimum atomic E-state index is 0. The molecule has 4 nitrogen and oxygen atoms in total. The molecule has 27 heavy (non-hydrogen) atoms. The summed E-state index contributed by atoms with van der Waals surface area (Å²) < 4.78 is 5.46. The fraction of sp³-hybridized carbons (Fsp3) is 0.409. The highest BCUT2D eigenvalue weighted by atomic mass is 35.5. The molecule has 2 aromatic carbocycles. The van der Waals surface area contributed by atoms with Crippen molar-refractivity contribution in [2.45, 2.75) is 51.7 Å². The maximum absolute atomic E-state index is 12.9. The second kappa shape index (κ2) is 11.6. The molecule has 0 radical (unpaired) electrons. The lowest BCUT2D eigenvalue weighted by Gasteiger charge is -2.30. The number of carbonyl (C=O) groups excluding carboxylic acids is 1. The summed E-state index contributed by atoms with van der Waals surface area (Å²) in [6.45, 7) is 4.64. The summed E-state index contributed by atoms with van der Waals surface area (Å²) in [6, 6.07) is 18.2. The number of nitrogens with two attached hydrogens (primary N) is 1. The fourth-order valence-electron chi connectivity index (χ4n) is 3.06. The molecule has 2 atom stereocenters. The number of amides is 1. The smallest absolute Gasteiger partial charge is 0.223 e. The van der Waals surface area contributed by atoms with Crippen molar-refractivity contribution >= 4 is 18.3 Å². The Morgan fingerprint density at radius 3 is 2.33 bits per heavy atom. The first-order valence-corrected chi connectivity index (χ1v) is 9.22. The molecule has 0 heterocycles. The molecule has 2 aromatic rings. The van der Waals surface area contributed by atoms with E-state index in [2.05, 4.69) is 25.1 Å². The third-order valence-corrected chi connectivity index (χ3v) is 4.57. The highest BCUT2D eigenvalue weighted by Crippen LogP contribution is 2.22. The third kappa shape index (κ3) is 7.24. The van der Waals surface area contributed by atoms with E-state index in [0.717, 1.165) is 23.3 Å². The molecular weight excluding hydrogens is 360 g/mol. The van der Waals surface area contributed by atoms with Gasteiger partial charge in [0.05, 0.1) is 7.11 Å². The molecule has 2 unspecified atom stereocenters. The maximum Gasteiger partial charge on any atom is 0.223 e. The first-order chi connectivity index (χ1) is 12.5. The molecule has 2 rings (SSSR count). The molecule has 0 aliphatic carbocycles. The number of halogens is 1. The number of hydrogen-bond acceptors (Lipinski definition) is 3. The molecule has 2 N–H and O–H groups in total. The molecule has 0 aliphatic heterocycles. The highest BCUT2D eigenvalue weighted by Gasteiger charge is 2.22. The summed E-state index contributed by atoms with van der Waals surface area (Å²) in [5, 5.41) is 0. The van der Waals surface area contributed by atoms with Crippen molar-refractivity contribution in [2.75, 3.05) is 7.11 Å². The van der Waals surface area contributed by atoms with Gasteiger partial charge in [0, 0.05) is 25.0 Å². The normalized spacial score (nSPS) is 12.6. The van der Waals surface area contributed by atoms with Crippen LogP contribution < -0.4 is 10.5 Å². The van der Waals surface area contributed by atoms with E-state index in [1.165, 1.54) is 0 Å². The minimum Gasteiger partial charge on any atom is -0.496 e. The monoisotopic (exact) mass is 390 g/mol. The van der Waals surface area contributed by atoms with Gasteiger partial charge in [0.15, 0.2) is 0 Å². The lowest BCUT2D eigenvalue weighted by Crippen LogP contribution is -2.39. The first-order valence-electron chi connectivity index (χ1n) is 9.22. The topological polar surface area (TPSA) is 55.6 Å². The summed E-state index contributed by atoms with van der Waals surface area (Å²) in [5.74, 6) is 1.01. The van der Waals surface area contributed by atoms with Gasteiger partial charge in [-0.25, -0.2) is 0 Å². The van der Waals surface area contributed by atoms with E-state index in [9.17, 15) is 4.79 Å². The highest BCUT2D eigenvalue weighted by molar-refractivity contribution is 5.85. The quantitative estimate of drug-likeness (QED) is 0.697. The number of rotatable bonds is 9. The zero-order valence-electron chi connectivity index (χ0n) is 16.4. The van der Waals surface area contributed by atoms with Crippen LogP contribution in [-0.4, -0.2) is 30.0 Å². The van der Waals surface area contributed by atoms with Crippen molar-refractivity contribution in [3.8, 4) is 5.75 Å². The number of methoxy groups -OCH3 is 1. The molecule has 0 aliphatic rings. The van der Waals surface area contributed by atoms with Crippen molar-refractivity contribution < 1.29 is 9.53 Å². The van der Waals surface area contributed by atoms with Crippen molar-refractivity contribution in [3.63, 3.8) is 0 Å². The zero-order chi connectivity index (χ0) is 18.9. The SMILES string of the molecule is COc1ccccc1CC(C)N(Cc1ccccc1)C(=O)CCC(C)N.Cl. The van der Waals surface area contributed by atoms with E-state index < -0.39 is 0 Å². The number of para-hydroxylation sites is 1. The van der Waals surface area contributed by atoms with E-state index in [0.29, 0.717) is 19.4 Å². The predicted molar refractivity (Wildman–Crippen MR) is 113 cm³/mol. The Hall–Kier alpha value is -2.04. The summed E-state index contributed by atoms with van der Waals surface area (Å²) in [4.78, 5) is 14.8. The van der Waals surface area contributed by atoms with Crippen LogP contribution in [0, 0.1) is 0 Å². The van der Waals surface area contributed by atoms with Crippen molar-refractivity contribution in [1.82, 2.24) is 4.90 Å². The average molecular weight is 391 g/mol. The zero-order valence-corrected chi connectivity index (χ0v) is 17.2. The van der Waals surface area contributed by atoms with E-state index >= 15 is 0 Å².